The first-order valence-corrected chi connectivity index (χ1v) is 11.1. The van der Waals surface area contributed by atoms with Crippen LogP contribution in [-0.2, 0) is 20.9 Å². The Morgan fingerprint density at radius 2 is 1.56 bits per heavy atom. The van der Waals surface area contributed by atoms with Crippen molar-refractivity contribution < 1.29 is 19.5 Å². The van der Waals surface area contributed by atoms with E-state index < -0.39 is 0 Å². The maximum Gasteiger partial charge on any atom is 0.243 e. The second-order valence-electron chi connectivity index (χ2n) is 7.52. The van der Waals surface area contributed by atoms with Crippen molar-refractivity contribution in [2.24, 2.45) is 0 Å². The molecule has 0 bridgehead atoms. The molecule has 6 heteroatoms. The smallest absolute Gasteiger partial charge is 0.243 e. The van der Waals surface area contributed by atoms with Crippen LogP contribution in [-0.4, -0.2) is 17.9 Å². The van der Waals surface area contributed by atoms with Gasteiger partial charge in [-0.1, -0.05) is 84.8 Å². The highest BCUT2D eigenvalue weighted by atomic mass is 35.5. The SMILES string of the molecule is O=C(CCCCC(OCOCc1ccccc1)c1ccc(-c2ccc(Cl)cc2)cc1)NO. The van der Waals surface area contributed by atoms with E-state index in [1.807, 2.05) is 54.6 Å². The molecule has 0 heterocycles. The van der Waals surface area contributed by atoms with Gasteiger partial charge in [0.2, 0.25) is 5.91 Å². The Balaban J connectivity index is 1.59. The molecule has 168 valence electrons. The van der Waals surface area contributed by atoms with Crippen LogP contribution in [0.25, 0.3) is 11.1 Å². The molecule has 1 unspecified atom stereocenters. The fourth-order valence-corrected chi connectivity index (χ4v) is 3.54. The van der Waals surface area contributed by atoms with Crippen LogP contribution in [0, 0.1) is 0 Å². The average molecular weight is 454 g/mol. The minimum atomic E-state index is -0.374. The van der Waals surface area contributed by atoms with Gasteiger partial charge in [-0.15, -0.1) is 0 Å². The number of hydrogen-bond acceptors (Lipinski definition) is 4. The van der Waals surface area contributed by atoms with Crippen molar-refractivity contribution in [1.82, 2.24) is 5.48 Å². The van der Waals surface area contributed by atoms with Crippen molar-refractivity contribution in [2.75, 3.05) is 6.79 Å². The summed E-state index contributed by atoms with van der Waals surface area (Å²) in [7, 11) is 0. The lowest BCUT2D eigenvalue weighted by Gasteiger charge is -2.19. The van der Waals surface area contributed by atoms with E-state index in [4.69, 9.17) is 26.3 Å². The first kappa shape index (κ1) is 24.0. The zero-order valence-electron chi connectivity index (χ0n) is 17.9. The molecule has 3 aromatic rings. The Morgan fingerprint density at radius 3 is 2.22 bits per heavy atom. The molecule has 0 saturated heterocycles. The third-order valence-electron chi connectivity index (χ3n) is 5.17. The highest BCUT2D eigenvalue weighted by Gasteiger charge is 2.13. The molecule has 3 rings (SSSR count). The largest absolute Gasteiger partial charge is 0.351 e. The molecule has 2 N–H and O–H groups in total. The average Bonchev–Trinajstić information content (AvgIpc) is 2.84. The lowest BCUT2D eigenvalue weighted by molar-refractivity contribution is -0.129. The van der Waals surface area contributed by atoms with E-state index in [-0.39, 0.29) is 25.2 Å². The highest BCUT2D eigenvalue weighted by molar-refractivity contribution is 6.30. The fraction of sp³-hybridized carbons (Fsp3) is 0.269. The Kier molecular flexibility index (Phi) is 9.72. The maximum absolute atomic E-state index is 11.2. The topological polar surface area (TPSA) is 67.8 Å². The molecule has 0 aliphatic rings. The third kappa shape index (κ3) is 7.77. The summed E-state index contributed by atoms with van der Waals surface area (Å²) in [5.41, 5.74) is 6.01. The van der Waals surface area contributed by atoms with Crippen molar-refractivity contribution in [2.45, 2.75) is 38.4 Å². The van der Waals surface area contributed by atoms with E-state index in [0.717, 1.165) is 35.1 Å². The second-order valence-corrected chi connectivity index (χ2v) is 7.95. The summed E-state index contributed by atoms with van der Waals surface area (Å²) in [5, 5.41) is 9.36. The molecule has 0 radical (unpaired) electrons. The van der Waals surface area contributed by atoms with Crippen molar-refractivity contribution in [1.29, 1.82) is 0 Å². The van der Waals surface area contributed by atoms with Gasteiger partial charge in [0.05, 0.1) is 12.7 Å². The minimum Gasteiger partial charge on any atom is -0.351 e. The van der Waals surface area contributed by atoms with Crippen LogP contribution in [0.1, 0.15) is 42.9 Å². The Hall–Kier alpha value is -2.70. The summed E-state index contributed by atoms with van der Waals surface area (Å²) in [5.74, 6) is -0.374. The van der Waals surface area contributed by atoms with Crippen LogP contribution in [0.3, 0.4) is 0 Å². The molecule has 1 amide bonds. The number of carbonyl (C=O) groups excluding carboxylic acids is 1. The van der Waals surface area contributed by atoms with Gasteiger partial charge in [0.25, 0.3) is 0 Å². The molecular formula is C26H28ClNO4. The fourth-order valence-electron chi connectivity index (χ4n) is 3.41. The Bertz CT molecular complexity index is 946. The van der Waals surface area contributed by atoms with Crippen LogP contribution in [0.2, 0.25) is 5.02 Å². The van der Waals surface area contributed by atoms with Crippen LogP contribution in [0.4, 0.5) is 0 Å². The molecule has 0 fully saturated rings. The van der Waals surface area contributed by atoms with Crippen LogP contribution in [0.15, 0.2) is 78.9 Å². The first-order chi connectivity index (χ1) is 15.7. The van der Waals surface area contributed by atoms with Gasteiger partial charge in [-0.2, -0.15) is 0 Å². The summed E-state index contributed by atoms with van der Waals surface area (Å²) >= 11 is 5.99. The van der Waals surface area contributed by atoms with E-state index in [1.165, 1.54) is 0 Å². The van der Waals surface area contributed by atoms with E-state index in [9.17, 15) is 4.79 Å². The predicted octanol–water partition coefficient (Wildman–Crippen LogP) is 6.30. The summed E-state index contributed by atoms with van der Waals surface area (Å²) < 4.78 is 11.8. The molecule has 0 spiro atoms. The lowest BCUT2D eigenvalue weighted by Crippen LogP contribution is -2.17. The van der Waals surface area contributed by atoms with Crippen molar-refractivity contribution in [3.8, 4) is 11.1 Å². The van der Waals surface area contributed by atoms with Gasteiger partial charge in [-0.05, 0) is 47.2 Å². The number of hydroxylamine groups is 1. The van der Waals surface area contributed by atoms with E-state index in [0.29, 0.717) is 18.1 Å². The van der Waals surface area contributed by atoms with Gasteiger partial charge in [-0.3, -0.25) is 10.0 Å². The van der Waals surface area contributed by atoms with Gasteiger partial charge in [-0.25, -0.2) is 5.48 Å². The number of unbranched alkanes of at least 4 members (excludes halogenated alkanes) is 1. The zero-order valence-corrected chi connectivity index (χ0v) is 18.6. The van der Waals surface area contributed by atoms with Crippen molar-refractivity contribution in [3.05, 3.63) is 95.0 Å². The molecule has 3 aromatic carbocycles. The molecule has 0 aliphatic carbocycles. The van der Waals surface area contributed by atoms with Gasteiger partial charge >= 0.3 is 0 Å². The van der Waals surface area contributed by atoms with E-state index in [2.05, 4.69) is 24.3 Å². The third-order valence-corrected chi connectivity index (χ3v) is 5.42. The normalized spacial score (nSPS) is 11.8. The quantitative estimate of drug-likeness (QED) is 0.146. The molecule has 0 saturated carbocycles. The van der Waals surface area contributed by atoms with E-state index >= 15 is 0 Å². The summed E-state index contributed by atoms with van der Waals surface area (Å²) in [6.07, 6.45) is 2.33. The van der Waals surface area contributed by atoms with Crippen molar-refractivity contribution in [3.63, 3.8) is 0 Å². The Morgan fingerprint density at radius 1 is 0.906 bits per heavy atom. The summed E-state index contributed by atoms with van der Waals surface area (Å²) in [4.78, 5) is 11.2. The number of hydrogen-bond donors (Lipinski definition) is 2. The van der Waals surface area contributed by atoms with Crippen molar-refractivity contribution >= 4 is 17.5 Å². The Labute approximate surface area is 193 Å². The number of nitrogens with one attached hydrogen (secondary N) is 1. The predicted molar refractivity (Wildman–Crippen MR) is 125 cm³/mol. The number of halogens is 1. The van der Waals surface area contributed by atoms with Gasteiger partial charge < -0.3 is 9.47 Å². The number of benzene rings is 3. The van der Waals surface area contributed by atoms with Gasteiger partial charge in [0.1, 0.15) is 6.79 Å². The maximum atomic E-state index is 11.2. The number of ether oxygens (including phenoxy) is 2. The monoisotopic (exact) mass is 453 g/mol. The first-order valence-electron chi connectivity index (χ1n) is 10.7. The molecule has 0 aromatic heterocycles. The van der Waals surface area contributed by atoms with Crippen LogP contribution >= 0.6 is 11.6 Å². The highest BCUT2D eigenvalue weighted by Crippen LogP contribution is 2.28. The lowest BCUT2D eigenvalue weighted by atomic mass is 9.99. The molecule has 5 nitrogen and oxygen atoms in total. The minimum absolute atomic E-state index is 0.151. The van der Waals surface area contributed by atoms with Crippen LogP contribution in [0.5, 0.6) is 0 Å². The molecule has 1 atom stereocenters. The molecular weight excluding hydrogens is 426 g/mol. The second kappa shape index (κ2) is 13.0. The standard InChI is InChI=1S/C26H28ClNO4/c27-24-16-14-22(15-17-24)21-10-12-23(13-11-21)25(8-4-5-9-26(29)28-30)32-19-31-18-20-6-2-1-3-7-20/h1-3,6-7,10-17,25,30H,4-5,8-9,18-19H2,(H,28,29). The number of rotatable bonds is 12. The summed E-state index contributed by atoms with van der Waals surface area (Å²) in [6, 6.07) is 26.0. The summed E-state index contributed by atoms with van der Waals surface area (Å²) in [6.45, 7) is 0.662. The molecule has 32 heavy (non-hydrogen) atoms. The van der Waals surface area contributed by atoms with Gasteiger partial charge in [0.15, 0.2) is 0 Å². The molecule has 0 aliphatic heterocycles. The number of carbonyl (C=O) groups is 1. The van der Waals surface area contributed by atoms with Gasteiger partial charge in [0, 0.05) is 11.4 Å². The number of amides is 1. The van der Waals surface area contributed by atoms with E-state index in [1.54, 1.807) is 5.48 Å². The van der Waals surface area contributed by atoms with Crippen LogP contribution < -0.4 is 5.48 Å². The zero-order chi connectivity index (χ0) is 22.6.